The van der Waals surface area contributed by atoms with Gasteiger partial charge in [0, 0.05) is 0 Å². The fraction of sp³-hybridized carbons (Fsp3) is 1.00. The van der Waals surface area contributed by atoms with Gasteiger partial charge in [-0.15, -0.1) is 0 Å². The molecule has 0 aromatic rings. The van der Waals surface area contributed by atoms with Gasteiger partial charge in [-0.1, -0.05) is 41.0 Å². The molecule has 1 rings (SSSR count). The zero-order valence-corrected chi connectivity index (χ0v) is 12.6. The first-order valence-corrected chi connectivity index (χ1v) is 6.33. The summed E-state index contributed by atoms with van der Waals surface area (Å²) in [6.45, 7) is 19.0. The summed E-state index contributed by atoms with van der Waals surface area (Å²) in [4.78, 5) is 0. The number of hydrogen-bond donors (Lipinski definition) is 0. The maximum absolute atomic E-state index is 5.91. The van der Waals surface area contributed by atoms with Gasteiger partial charge in [-0.25, -0.2) is 0 Å². The Morgan fingerprint density at radius 3 is 1.25 bits per heavy atom. The van der Waals surface area contributed by atoms with Crippen molar-refractivity contribution in [2.24, 2.45) is 0 Å². The minimum atomic E-state index is -0.203. The van der Waals surface area contributed by atoms with Crippen molar-refractivity contribution in [1.82, 2.24) is 0 Å². The molecule has 16 heavy (non-hydrogen) atoms. The molecule has 96 valence electrons. The lowest BCUT2D eigenvalue weighted by Gasteiger charge is -2.32. The predicted molar refractivity (Wildman–Crippen MR) is 71.8 cm³/mol. The Hall–Kier alpha value is -0.0151. The lowest BCUT2D eigenvalue weighted by molar-refractivity contribution is 0.00578. The van der Waals surface area contributed by atoms with Gasteiger partial charge in [-0.2, -0.15) is 0 Å². The van der Waals surface area contributed by atoms with E-state index in [0.29, 0.717) is 0 Å². The van der Waals surface area contributed by atoms with E-state index in [-0.39, 0.29) is 23.6 Å². The minimum absolute atomic E-state index is 0.0467. The highest BCUT2D eigenvalue weighted by Gasteiger charge is 2.54. The minimum Gasteiger partial charge on any atom is -0.403 e. The van der Waals surface area contributed by atoms with Crippen LogP contribution in [0.4, 0.5) is 0 Å². The third kappa shape index (κ3) is 3.78. The third-order valence-corrected chi connectivity index (χ3v) is 2.96. The van der Waals surface area contributed by atoms with Crippen molar-refractivity contribution in [3.63, 3.8) is 0 Å². The Kier molecular flexibility index (Phi) is 5.09. The summed E-state index contributed by atoms with van der Waals surface area (Å²) in [5, 5.41) is 0.0467. The molecular formula is C13H29BO2. The lowest BCUT2D eigenvalue weighted by atomic mass is 9.61. The van der Waals surface area contributed by atoms with E-state index in [4.69, 9.17) is 9.31 Å². The number of rotatable bonds is 0. The summed E-state index contributed by atoms with van der Waals surface area (Å²) in [7, 11) is -0.0995. The fourth-order valence-electron chi connectivity index (χ4n) is 1.20. The molecule has 0 unspecified atom stereocenters. The molecule has 0 spiro atoms. The van der Waals surface area contributed by atoms with Crippen LogP contribution in [0.3, 0.4) is 0 Å². The fourth-order valence-corrected chi connectivity index (χ4v) is 1.20. The largest absolute Gasteiger partial charge is 0.463 e. The van der Waals surface area contributed by atoms with E-state index in [1.165, 1.54) is 6.42 Å². The molecule has 1 saturated heterocycles. The van der Waals surface area contributed by atoms with Gasteiger partial charge in [-0.3, -0.25) is 0 Å². The van der Waals surface area contributed by atoms with Gasteiger partial charge in [0.2, 0.25) is 0 Å². The summed E-state index contributed by atoms with van der Waals surface area (Å²) in [5.74, 6) is 0. The van der Waals surface area contributed by atoms with Crippen LogP contribution in [0.25, 0.3) is 0 Å². The summed E-state index contributed by atoms with van der Waals surface area (Å²) < 4.78 is 11.8. The Bertz CT molecular complexity index is 200. The van der Waals surface area contributed by atoms with E-state index in [1.54, 1.807) is 0 Å². The van der Waals surface area contributed by atoms with E-state index >= 15 is 0 Å². The van der Waals surface area contributed by atoms with Crippen molar-refractivity contribution in [3.8, 4) is 0 Å². The summed E-state index contributed by atoms with van der Waals surface area (Å²) >= 11 is 0. The second kappa shape index (κ2) is 5.09. The Morgan fingerprint density at radius 2 is 1.12 bits per heavy atom. The van der Waals surface area contributed by atoms with Crippen LogP contribution in [0, 0.1) is 0 Å². The topological polar surface area (TPSA) is 18.5 Å². The maximum atomic E-state index is 5.91. The van der Waals surface area contributed by atoms with E-state index < -0.39 is 0 Å². The van der Waals surface area contributed by atoms with Crippen LogP contribution in [0.1, 0.15) is 68.7 Å². The van der Waals surface area contributed by atoms with Gasteiger partial charge < -0.3 is 9.31 Å². The van der Waals surface area contributed by atoms with Crippen molar-refractivity contribution < 1.29 is 9.31 Å². The van der Waals surface area contributed by atoms with Crippen LogP contribution >= 0.6 is 0 Å². The van der Waals surface area contributed by atoms with Crippen molar-refractivity contribution >= 4 is 7.12 Å². The molecule has 3 heteroatoms. The van der Waals surface area contributed by atoms with Crippen molar-refractivity contribution in [2.45, 2.75) is 85.3 Å². The zero-order valence-electron chi connectivity index (χ0n) is 12.6. The molecule has 0 radical (unpaired) electrons. The standard InChI is InChI=1S/C10H21BO2.C3H8/c1-8(2,3)11-12-9(4,5)10(6,7)13-11;1-3-2/h1-7H3;3H2,1-2H3. The Morgan fingerprint density at radius 1 is 0.875 bits per heavy atom. The predicted octanol–water partition coefficient (Wildman–Crippen LogP) is 4.30. The summed E-state index contributed by atoms with van der Waals surface area (Å²) in [6, 6.07) is 0. The molecule has 1 aliphatic rings. The van der Waals surface area contributed by atoms with E-state index in [1.807, 2.05) is 0 Å². The molecule has 0 aromatic carbocycles. The Balaban J connectivity index is 0.000000673. The van der Waals surface area contributed by atoms with E-state index in [9.17, 15) is 0 Å². The van der Waals surface area contributed by atoms with Crippen LogP contribution in [-0.2, 0) is 9.31 Å². The van der Waals surface area contributed by atoms with Gasteiger partial charge >= 0.3 is 7.12 Å². The van der Waals surface area contributed by atoms with Crippen molar-refractivity contribution in [2.75, 3.05) is 0 Å². The smallest absolute Gasteiger partial charge is 0.403 e. The highest BCUT2D eigenvalue weighted by molar-refractivity contribution is 6.49. The summed E-state index contributed by atoms with van der Waals surface area (Å²) in [5.41, 5.74) is -0.407. The van der Waals surface area contributed by atoms with Crippen LogP contribution in [0.5, 0.6) is 0 Å². The van der Waals surface area contributed by atoms with Crippen LogP contribution in [0.2, 0.25) is 5.31 Å². The first-order valence-electron chi connectivity index (χ1n) is 6.33. The van der Waals surface area contributed by atoms with Crippen LogP contribution in [-0.4, -0.2) is 18.3 Å². The van der Waals surface area contributed by atoms with Gasteiger partial charge in [0.25, 0.3) is 0 Å². The normalized spacial score (nSPS) is 22.7. The summed E-state index contributed by atoms with van der Waals surface area (Å²) in [6.07, 6.45) is 1.25. The third-order valence-electron chi connectivity index (χ3n) is 2.96. The molecule has 0 aliphatic carbocycles. The highest BCUT2D eigenvalue weighted by Crippen LogP contribution is 2.44. The molecule has 1 heterocycles. The van der Waals surface area contributed by atoms with Crippen LogP contribution < -0.4 is 0 Å². The lowest BCUT2D eigenvalue weighted by Crippen LogP contribution is -2.41. The van der Waals surface area contributed by atoms with Gasteiger partial charge in [0.1, 0.15) is 0 Å². The SMILES string of the molecule is CC(C)(C)B1OC(C)(C)C(C)(C)O1.CCC. The first kappa shape index (κ1) is 16.0. The van der Waals surface area contributed by atoms with Crippen molar-refractivity contribution in [3.05, 3.63) is 0 Å². The molecule has 0 aromatic heterocycles. The van der Waals surface area contributed by atoms with E-state index in [2.05, 4.69) is 62.3 Å². The molecule has 2 nitrogen and oxygen atoms in total. The van der Waals surface area contributed by atoms with E-state index in [0.717, 1.165) is 0 Å². The molecule has 0 atom stereocenters. The molecule has 0 amide bonds. The molecular weight excluding hydrogens is 199 g/mol. The highest BCUT2D eigenvalue weighted by atomic mass is 16.7. The zero-order chi connectivity index (χ0) is 13.2. The van der Waals surface area contributed by atoms with Gasteiger partial charge in [0.05, 0.1) is 11.2 Å². The quantitative estimate of drug-likeness (QED) is 0.575. The van der Waals surface area contributed by atoms with Gasteiger partial charge in [-0.05, 0) is 33.0 Å². The average Bonchev–Trinajstić information content (AvgIpc) is 2.21. The monoisotopic (exact) mass is 228 g/mol. The van der Waals surface area contributed by atoms with Crippen LogP contribution in [0.15, 0.2) is 0 Å². The molecule has 1 fully saturated rings. The van der Waals surface area contributed by atoms with Gasteiger partial charge in [0.15, 0.2) is 0 Å². The molecule has 1 aliphatic heterocycles. The Labute approximate surface area is 102 Å². The maximum Gasteiger partial charge on any atom is 0.463 e. The molecule has 0 saturated carbocycles. The molecule has 0 bridgehead atoms. The average molecular weight is 228 g/mol. The second-order valence-electron chi connectivity index (χ2n) is 6.66. The molecule has 0 N–H and O–H groups in total. The first-order chi connectivity index (χ1) is 6.98. The van der Waals surface area contributed by atoms with Crippen molar-refractivity contribution in [1.29, 1.82) is 0 Å². The number of hydrogen-bond acceptors (Lipinski definition) is 2. The second-order valence-corrected chi connectivity index (χ2v) is 6.66.